The Morgan fingerprint density at radius 2 is 2.15 bits per heavy atom. The van der Waals surface area contributed by atoms with Crippen molar-refractivity contribution in [2.75, 3.05) is 17.3 Å². The quantitative estimate of drug-likeness (QED) is 0.413. The maximum absolute atomic E-state index is 10.9. The van der Waals surface area contributed by atoms with Crippen LogP contribution in [-0.4, -0.2) is 21.4 Å². The molecule has 0 unspecified atom stereocenters. The van der Waals surface area contributed by atoms with Crippen molar-refractivity contribution in [3.63, 3.8) is 0 Å². The first-order valence-corrected chi connectivity index (χ1v) is 5.96. The lowest BCUT2D eigenvalue weighted by Crippen LogP contribution is -2.13. The summed E-state index contributed by atoms with van der Waals surface area (Å²) in [6.45, 7) is 0.485. The molecule has 0 spiro atoms. The molecule has 0 saturated heterocycles. The summed E-state index contributed by atoms with van der Waals surface area (Å²) < 4.78 is 0. The number of pyridine rings is 2. The number of nitrogens with zero attached hydrogens (tertiary/aromatic N) is 3. The summed E-state index contributed by atoms with van der Waals surface area (Å²) in [6.07, 6.45) is 2.34. The number of anilines is 2. The van der Waals surface area contributed by atoms with Crippen LogP contribution >= 0.6 is 0 Å². The molecule has 104 valence electrons. The molecule has 0 amide bonds. The number of hydrogen-bond acceptors (Lipinski definition) is 7. The molecule has 2 aromatic heterocycles. The van der Waals surface area contributed by atoms with Crippen LogP contribution in [0.25, 0.3) is 0 Å². The summed E-state index contributed by atoms with van der Waals surface area (Å²) in [6, 6.07) is 8.41. The smallest absolute Gasteiger partial charge is 0.311 e. The molecule has 0 bridgehead atoms. The zero-order chi connectivity index (χ0) is 14.4. The SMILES string of the molecule is NNc1ccc([N+](=O)[O-])c(NCCc2ccccn2)n1. The van der Waals surface area contributed by atoms with Crippen molar-refractivity contribution in [1.29, 1.82) is 0 Å². The van der Waals surface area contributed by atoms with Gasteiger partial charge in [-0.05, 0) is 18.2 Å². The molecule has 4 N–H and O–H groups in total. The first-order chi connectivity index (χ1) is 9.70. The molecule has 0 atom stereocenters. The monoisotopic (exact) mass is 274 g/mol. The van der Waals surface area contributed by atoms with E-state index in [1.807, 2.05) is 18.2 Å². The number of nitro groups is 1. The van der Waals surface area contributed by atoms with E-state index < -0.39 is 4.92 Å². The van der Waals surface area contributed by atoms with E-state index in [4.69, 9.17) is 5.84 Å². The summed E-state index contributed by atoms with van der Waals surface area (Å²) in [4.78, 5) is 18.6. The number of nitrogen functional groups attached to an aromatic ring is 1. The highest BCUT2D eigenvalue weighted by atomic mass is 16.6. The molecule has 8 heteroatoms. The average molecular weight is 274 g/mol. The van der Waals surface area contributed by atoms with E-state index in [0.29, 0.717) is 18.8 Å². The molecule has 8 nitrogen and oxygen atoms in total. The van der Waals surface area contributed by atoms with Crippen LogP contribution in [0.5, 0.6) is 0 Å². The van der Waals surface area contributed by atoms with Crippen molar-refractivity contribution in [3.8, 4) is 0 Å². The van der Waals surface area contributed by atoms with E-state index in [2.05, 4.69) is 20.7 Å². The molecule has 0 fully saturated rings. The second kappa shape index (κ2) is 6.43. The Labute approximate surface area is 115 Å². The van der Waals surface area contributed by atoms with E-state index >= 15 is 0 Å². The Bertz CT molecular complexity index is 590. The zero-order valence-electron chi connectivity index (χ0n) is 10.6. The van der Waals surface area contributed by atoms with E-state index in [-0.39, 0.29) is 11.5 Å². The molecule has 0 aliphatic heterocycles. The van der Waals surface area contributed by atoms with Gasteiger partial charge < -0.3 is 10.7 Å². The zero-order valence-corrected chi connectivity index (χ0v) is 10.6. The summed E-state index contributed by atoms with van der Waals surface area (Å²) in [5.41, 5.74) is 3.16. The molecule has 20 heavy (non-hydrogen) atoms. The predicted molar refractivity (Wildman–Crippen MR) is 75.1 cm³/mol. The van der Waals surface area contributed by atoms with Crippen LogP contribution in [0, 0.1) is 10.1 Å². The highest BCUT2D eigenvalue weighted by molar-refractivity contribution is 5.59. The molecule has 0 radical (unpaired) electrons. The molecule has 0 aliphatic carbocycles. The van der Waals surface area contributed by atoms with Gasteiger partial charge in [-0.2, -0.15) is 0 Å². The van der Waals surface area contributed by atoms with Gasteiger partial charge >= 0.3 is 5.69 Å². The fourth-order valence-corrected chi connectivity index (χ4v) is 1.66. The Hall–Kier alpha value is -2.74. The van der Waals surface area contributed by atoms with Gasteiger partial charge in [-0.1, -0.05) is 6.07 Å². The number of nitrogens with two attached hydrogens (primary N) is 1. The van der Waals surface area contributed by atoms with Crippen molar-refractivity contribution in [3.05, 3.63) is 52.3 Å². The van der Waals surface area contributed by atoms with E-state index in [1.165, 1.54) is 12.1 Å². The van der Waals surface area contributed by atoms with Gasteiger partial charge in [0, 0.05) is 30.9 Å². The van der Waals surface area contributed by atoms with Crippen LogP contribution in [0.1, 0.15) is 5.69 Å². The number of nitrogens with one attached hydrogen (secondary N) is 2. The van der Waals surface area contributed by atoms with Gasteiger partial charge in [0.2, 0.25) is 5.82 Å². The van der Waals surface area contributed by atoms with Crippen molar-refractivity contribution in [2.24, 2.45) is 5.84 Å². The second-order valence-electron chi connectivity index (χ2n) is 3.96. The predicted octanol–water partition coefficient (Wildman–Crippen LogP) is 1.32. The van der Waals surface area contributed by atoms with Gasteiger partial charge in [0.1, 0.15) is 5.82 Å². The third-order valence-electron chi connectivity index (χ3n) is 2.62. The maximum atomic E-state index is 10.9. The molecule has 0 aliphatic rings. The normalized spacial score (nSPS) is 10.1. The van der Waals surface area contributed by atoms with E-state index in [1.54, 1.807) is 6.20 Å². The highest BCUT2D eigenvalue weighted by Crippen LogP contribution is 2.23. The average Bonchev–Trinajstić information content (AvgIpc) is 2.48. The minimum Gasteiger partial charge on any atom is -0.364 e. The van der Waals surface area contributed by atoms with Crippen LogP contribution in [0.3, 0.4) is 0 Å². The summed E-state index contributed by atoms with van der Waals surface area (Å²) in [7, 11) is 0. The Kier molecular flexibility index (Phi) is 4.40. The van der Waals surface area contributed by atoms with Crippen LogP contribution in [0.2, 0.25) is 0 Å². The molecule has 2 aromatic rings. The largest absolute Gasteiger partial charge is 0.364 e. The lowest BCUT2D eigenvalue weighted by atomic mass is 10.2. The van der Waals surface area contributed by atoms with Crippen LogP contribution in [0.15, 0.2) is 36.5 Å². The summed E-state index contributed by atoms with van der Waals surface area (Å²) in [5.74, 6) is 5.78. The van der Waals surface area contributed by atoms with Gasteiger partial charge in [-0.25, -0.2) is 10.8 Å². The molecule has 2 heterocycles. The third kappa shape index (κ3) is 3.39. The lowest BCUT2D eigenvalue weighted by Gasteiger charge is -2.07. The fraction of sp³-hybridized carbons (Fsp3) is 0.167. The second-order valence-corrected chi connectivity index (χ2v) is 3.96. The fourth-order valence-electron chi connectivity index (χ4n) is 1.66. The van der Waals surface area contributed by atoms with E-state index in [0.717, 1.165) is 5.69 Å². The Morgan fingerprint density at radius 3 is 2.80 bits per heavy atom. The minimum atomic E-state index is -0.490. The minimum absolute atomic E-state index is 0.0926. The lowest BCUT2D eigenvalue weighted by molar-refractivity contribution is -0.384. The first-order valence-electron chi connectivity index (χ1n) is 5.96. The molecule has 0 aromatic carbocycles. The summed E-state index contributed by atoms with van der Waals surface area (Å²) in [5, 5.41) is 13.8. The summed E-state index contributed by atoms with van der Waals surface area (Å²) >= 11 is 0. The highest BCUT2D eigenvalue weighted by Gasteiger charge is 2.15. The number of rotatable bonds is 6. The molecular formula is C12H14N6O2. The number of hydrogen-bond donors (Lipinski definition) is 3. The maximum Gasteiger partial charge on any atom is 0.311 e. The number of aromatic nitrogens is 2. The van der Waals surface area contributed by atoms with Gasteiger partial charge in [-0.3, -0.25) is 15.1 Å². The first kappa shape index (κ1) is 13.7. The van der Waals surface area contributed by atoms with Crippen LogP contribution in [-0.2, 0) is 6.42 Å². The topological polar surface area (TPSA) is 119 Å². The van der Waals surface area contributed by atoms with Crippen molar-refractivity contribution < 1.29 is 4.92 Å². The number of hydrazine groups is 1. The molecule has 2 rings (SSSR count). The van der Waals surface area contributed by atoms with Crippen molar-refractivity contribution >= 4 is 17.3 Å². The van der Waals surface area contributed by atoms with Crippen molar-refractivity contribution in [2.45, 2.75) is 6.42 Å². The van der Waals surface area contributed by atoms with Crippen molar-refractivity contribution in [1.82, 2.24) is 9.97 Å². The van der Waals surface area contributed by atoms with Crippen LogP contribution in [0.4, 0.5) is 17.3 Å². The third-order valence-corrected chi connectivity index (χ3v) is 2.62. The van der Waals surface area contributed by atoms with Gasteiger partial charge in [-0.15, -0.1) is 0 Å². The molecular weight excluding hydrogens is 260 g/mol. The van der Waals surface area contributed by atoms with Crippen LogP contribution < -0.4 is 16.6 Å². The van der Waals surface area contributed by atoms with Gasteiger partial charge in [0.15, 0.2) is 0 Å². The van der Waals surface area contributed by atoms with Gasteiger partial charge in [0.25, 0.3) is 0 Å². The Morgan fingerprint density at radius 1 is 1.30 bits per heavy atom. The molecule has 0 saturated carbocycles. The Balaban J connectivity index is 2.06. The van der Waals surface area contributed by atoms with E-state index in [9.17, 15) is 10.1 Å². The standard InChI is InChI=1S/C12H14N6O2/c13-17-11-5-4-10(18(19)20)12(16-11)15-8-6-9-3-1-2-7-14-9/h1-5,7H,6,8,13H2,(H2,15,16,17). The van der Waals surface area contributed by atoms with Gasteiger partial charge in [0.05, 0.1) is 4.92 Å².